The number of fused-ring (bicyclic) bond motifs is 2. The van der Waals surface area contributed by atoms with E-state index in [0.717, 1.165) is 21.3 Å². The van der Waals surface area contributed by atoms with Gasteiger partial charge in [0.25, 0.3) is 5.91 Å². The standard InChI is InChI=1S/C34H37N9O8S2/c1-40-20-31(46)42-26(14-22-10-12-25(13-11-22)51-53(49,50)39-29(45)17-36-28(44)15-35)33(47)41(18-24-8-5-9-27-32(24)38-21-52-27)19-30(42)43(40)34(48)37-16-23-6-3-2-4-7-23/h2-13,21,26,30H,14-20,35H2,1H3,(H,36,44)(H,37,48)(H,39,45)/t26-,30-/m0/s1. The summed E-state index contributed by atoms with van der Waals surface area (Å²) in [5.41, 5.74) is 9.93. The number of thiazole rings is 1. The fraction of sp³-hybridized carbons (Fsp3) is 0.294. The molecule has 2 atom stereocenters. The molecule has 5 N–H and O–H groups in total. The van der Waals surface area contributed by atoms with E-state index < -0.39 is 46.9 Å². The zero-order chi connectivity index (χ0) is 37.7. The van der Waals surface area contributed by atoms with E-state index in [-0.39, 0.29) is 56.7 Å². The first-order chi connectivity index (χ1) is 25.4. The summed E-state index contributed by atoms with van der Waals surface area (Å²) in [6.07, 6.45) is -0.813. The number of hydrogen-bond acceptors (Lipinski definition) is 12. The van der Waals surface area contributed by atoms with Crippen molar-refractivity contribution in [2.24, 2.45) is 5.73 Å². The van der Waals surface area contributed by atoms with Gasteiger partial charge in [-0.15, -0.1) is 11.3 Å². The lowest BCUT2D eigenvalue weighted by atomic mass is 9.98. The van der Waals surface area contributed by atoms with Crippen LogP contribution < -0.4 is 25.3 Å². The Kier molecular flexibility index (Phi) is 11.2. The van der Waals surface area contributed by atoms with Crippen LogP contribution in [0.5, 0.6) is 5.75 Å². The van der Waals surface area contributed by atoms with Crippen LogP contribution >= 0.6 is 11.3 Å². The Labute approximate surface area is 308 Å². The zero-order valence-corrected chi connectivity index (χ0v) is 30.1. The molecule has 3 aromatic carbocycles. The van der Waals surface area contributed by atoms with E-state index in [0.29, 0.717) is 5.56 Å². The number of carbonyl (C=O) groups excluding carboxylic acids is 5. The zero-order valence-electron chi connectivity index (χ0n) is 28.5. The van der Waals surface area contributed by atoms with Gasteiger partial charge in [-0.2, -0.15) is 8.42 Å². The lowest BCUT2D eigenvalue weighted by molar-refractivity contribution is -0.187. The smallest absolute Gasteiger partial charge is 0.367 e. The highest BCUT2D eigenvalue weighted by Crippen LogP contribution is 2.30. The van der Waals surface area contributed by atoms with Gasteiger partial charge in [0.15, 0.2) is 0 Å². The number of nitrogens with two attached hydrogens (primary N) is 1. The third kappa shape index (κ3) is 8.71. The van der Waals surface area contributed by atoms with Crippen molar-refractivity contribution in [3.8, 4) is 5.75 Å². The van der Waals surface area contributed by atoms with Crippen LogP contribution in [0.1, 0.15) is 16.7 Å². The molecule has 0 aliphatic carbocycles. The second kappa shape index (κ2) is 15.9. The molecule has 0 saturated carbocycles. The summed E-state index contributed by atoms with van der Waals surface area (Å²) in [5, 5.41) is 8.11. The van der Waals surface area contributed by atoms with Crippen LogP contribution in [0.15, 0.2) is 78.3 Å². The van der Waals surface area contributed by atoms with Crippen LogP contribution in [0, 0.1) is 0 Å². The summed E-state index contributed by atoms with van der Waals surface area (Å²) in [6, 6.07) is 19.4. The lowest BCUT2D eigenvalue weighted by Crippen LogP contribution is -2.76. The Bertz CT molecular complexity index is 2110. The summed E-state index contributed by atoms with van der Waals surface area (Å²) >= 11 is 1.48. The van der Waals surface area contributed by atoms with Gasteiger partial charge >= 0.3 is 16.3 Å². The van der Waals surface area contributed by atoms with Crippen molar-refractivity contribution in [1.29, 1.82) is 0 Å². The normalized spacial score (nSPS) is 17.7. The van der Waals surface area contributed by atoms with E-state index in [9.17, 15) is 32.4 Å². The summed E-state index contributed by atoms with van der Waals surface area (Å²) < 4.78 is 32.5. The van der Waals surface area contributed by atoms with Crippen LogP contribution in [0.3, 0.4) is 0 Å². The maximum atomic E-state index is 14.4. The first-order valence-electron chi connectivity index (χ1n) is 16.5. The Morgan fingerprint density at radius 1 is 0.962 bits per heavy atom. The van der Waals surface area contributed by atoms with Gasteiger partial charge in [-0.25, -0.2) is 24.5 Å². The number of piperazine rings is 1. The van der Waals surface area contributed by atoms with Crippen molar-refractivity contribution in [2.75, 3.05) is 33.2 Å². The van der Waals surface area contributed by atoms with E-state index >= 15 is 0 Å². The van der Waals surface area contributed by atoms with E-state index in [1.807, 2.05) is 48.5 Å². The van der Waals surface area contributed by atoms with E-state index in [4.69, 9.17) is 9.92 Å². The minimum absolute atomic E-state index is 0.0340. The number of nitrogens with zero attached hydrogens (tertiary/aromatic N) is 5. The highest BCUT2D eigenvalue weighted by atomic mass is 32.2. The van der Waals surface area contributed by atoms with Gasteiger partial charge in [-0.1, -0.05) is 54.6 Å². The largest absolute Gasteiger partial charge is 0.409 e. The number of likely N-dealkylation sites (N-methyl/N-ethyl adjacent to an activating group) is 1. The summed E-state index contributed by atoms with van der Waals surface area (Å²) in [4.78, 5) is 72.7. The highest BCUT2D eigenvalue weighted by molar-refractivity contribution is 7.85. The van der Waals surface area contributed by atoms with Crippen LogP contribution in [-0.4, -0.2) is 108 Å². The van der Waals surface area contributed by atoms with E-state index in [1.54, 1.807) is 27.2 Å². The molecular weight excluding hydrogens is 727 g/mol. The number of para-hydroxylation sites is 1. The SMILES string of the molecule is CN1CC(=O)N2[C@@H](Cc3ccc(OS(=O)(=O)NC(=O)CNC(=O)CN)cc3)C(=O)N(Cc3cccc4scnc34)C[C@@H]2N1C(=O)NCc1ccccc1. The molecule has 278 valence electrons. The topological polar surface area (TPSA) is 217 Å². The molecule has 2 fully saturated rings. The maximum absolute atomic E-state index is 14.4. The third-order valence-electron chi connectivity index (χ3n) is 8.67. The van der Waals surface area contributed by atoms with Crippen LogP contribution in [-0.2, 0) is 49.0 Å². The summed E-state index contributed by atoms with van der Waals surface area (Å²) in [6.45, 7) is -0.671. The van der Waals surface area contributed by atoms with Gasteiger partial charge in [-0.3, -0.25) is 19.2 Å². The molecule has 0 radical (unpaired) electrons. The van der Waals surface area contributed by atoms with Crippen molar-refractivity contribution in [1.82, 2.24) is 40.2 Å². The van der Waals surface area contributed by atoms with Crippen LogP contribution in [0.4, 0.5) is 4.79 Å². The Morgan fingerprint density at radius 3 is 2.45 bits per heavy atom. The molecule has 6 amide bonds. The van der Waals surface area contributed by atoms with Crippen LogP contribution in [0.2, 0.25) is 0 Å². The molecule has 6 rings (SSSR count). The number of benzene rings is 3. The van der Waals surface area contributed by atoms with Crippen molar-refractivity contribution in [2.45, 2.75) is 31.7 Å². The van der Waals surface area contributed by atoms with Gasteiger partial charge in [0.05, 0.1) is 41.9 Å². The molecule has 4 aromatic rings. The maximum Gasteiger partial charge on any atom is 0.409 e. The molecule has 0 spiro atoms. The molecule has 3 heterocycles. The molecule has 1 aromatic heterocycles. The quantitative estimate of drug-likeness (QED) is 0.154. The number of urea groups is 1. The average molecular weight is 764 g/mol. The second-order valence-electron chi connectivity index (χ2n) is 12.3. The second-order valence-corrected chi connectivity index (χ2v) is 14.5. The number of rotatable bonds is 12. The van der Waals surface area contributed by atoms with Gasteiger partial charge in [0.2, 0.25) is 17.7 Å². The number of hydrazine groups is 1. The van der Waals surface area contributed by atoms with Crippen molar-refractivity contribution >= 4 is 61.5 Å². The van der Waals surface area contributed by atoms with Crippen molar-refractivity contribution in [3.05, 3.63) is 95.0 Å². The molecule has 2 saturated heterocycles. The van der Waals surface area contributed by atoms with E-state index in [1.165, 1.54) is 45.5 Å². The fourth-order valence-electron chi connectivity index (χ4n) is 6.26. The van der Waals surface area contributed by atoms with Gasteiger partial charge < -0.3 is 30.4 Å². The number of nitrogens with one attached hydrogen (secondary N) is 3. The predicted octanol–water partition coefficient (Wildman–Crippen LogP) is 0.291. The van der Waals surface area contributed by atoms with Crippen molar-refractivity contribution in [3.63, 3.8) is 0 Å². The first-order valence-corrected chi connectivity index (χ1v) is 18.7. The third-order valence-corrected chi connectivity index (χ3v) is 10.4. The average Bonchev–Trinajstić information content (AvgIpc) is 3.62. The van der Waals surface area contributed by atoms with Crippen molar-refractivity contribution < 1.29 is 36.6 Å². The molecule has 53 heavy (non-hydrogen) atoms. The van der Waals surface area contributed by atoms with Gasteiger partial charge in [0.1, 0.15) is 18.0 Å². The Hall–Kier alpha value is -5.63. The minimum Gasteiger partial charge on any atom is -0.367 e. The predicted molar refractivity (Wildman–Crippen MR) is 193 cm³/mol. The molecule has 17 nitrogen and oxygen atoms in total. The minimum atomic E-state index is -4.60. The Balaban J connectivity index is 1.24. The van der Waals surface area contributed by atoms with Crippen LogP contribution in [0.25, 0.3) is 10.2 Å². The number of hydrogen-bond donors (Lipinski definition) is 4. The Morgan fingerprint density at radius 2 is 1.72 bits per heavy atom. The molecule has 19 heteroatoms. The fourth-order valence-corrected chi connectivity index (χ4v) is 7.74. The van der Waals surface area contributed by atoms with Gasteiger partial charge in [0, 0.05) is 26.6 Å². The number of amides is 6. The molecule has 0 unspecified atom stereocenters. The molecule has 2 aliphatic rings. The molecule has 2 aliphatic heterocycles. The number of carbonyl (C=O) groups is 5. The first kappa shape index (κ1) is 37.1. The number of aromatic nitrogens is 1. The summed E-state index contributed by atoms with van der Waals surface area (Å²) in [7, 11) is -2.95. The molecule has 0 bridgehead atoms. The summed E-state index contributed by atoms with van der Waals surface area (Å²) in [5.74, 6) is -2.49. The van der Waals surface area contributed by atoms with E-state index in [2.05, 4.69) is 15.6 Å². The highest BCUT2D eigenvalue weighted by Gasteiger charge is 2.50. The lowest BCUT2D eigenvalue weighted by Gasteiger charge is -2.54. The van der Waals surface area contributed by atoms with Gasteiger partial charge in [-0.05, 0) is 34.9 Å². The monoisotopic (exact) mass is 763 g/mol. The molecular formula is C34H37N9O8S2.